The molecule has 3 aromatic rings. The van der Waals surface area contributed by atoms with Crippen molar-refractivity contribution in [3.63, 3.8) is 0 Å². The van der Waals surface area contributed by atoms with Crippen molar-refractivity contribution in [1.29, 1.82) is 0 Å². The number of benzene rings is 2. The molecule has 4 rings (SSSR count). The number of ether oxygens (including phenoxy) is 2. The number of hydrogen-bond acceptors (Lipinski definition) is 6. The second-order valence-corrected chi connectivity index (χ2v) is 9.03. The molecule has 9 heteroatoms. The van der Waals surface area contributed by atoms with Crippen LogP contribution in [-0.2, 0) is 4.74 Å². The minimum absolute atomic E-state index is 0. The molecule has 0 radical (unpaired) electrons. The van der Waals surface area contributed by atoms with E-state index in [4.69, 9.17) is 14.5 Å². The number of carbonyl (C=O) groups is 1. The van der Waals surface area contributed by atoms with Crippen LogP contribution in [0.25, 0.3) is 10.2 Å². The second kappa shape index (κ2) is 11.2. The number of anilines is 1. The van der Waals surface area contributed by atoms with Crippen molar-refractivity contribution in [3.8, 4) is 5.75 Å². The summed E-state index contributed by atoms with van der Waals surface area (Å²) in [5.74, 6) is 0.730. The van der Waals surface area contributed by atoms with E-state index in [1.165, 1.54) is 11.3 Å². The van der Waals surface area contributed by atoms with Crippen molar-refractivity contribution >= 4 is 60.9 Å². The molecule has 1 aliphatic heterocycles. The van der Waals surface area contributed by atoms with Crippen molar-refractivity contribution in [1.82, 2.24) is 9.88 Å². The van der Waals surface area contributed by atoms with Crippen molar-refractivity contribution in [2.45, 2.75) is 6.42 Å². The second-order valence-electron chi connectivity index (χ2n) is 7.10. The van der Waals surface area contributed by atoms with Crippen LogP contribution in [0.1, 0.15) is 16.8 Å². The Morgan fingerprint density at radius 1 is 1.23 bits per heavy atom. The van der Waals surface area contributed by atoms with E-state index in [0.717, 1.165) is 59.7 Å². The van der Waals surface area contributed by atoms with Crippen LogP contribution in [0.15, 0.2) is 46.9 Å². The Labute approximate surface area is 200 Å². The summed E-state index contributed by atoms with van der Waals surface area (Å²) in [4.78, 5) is 22.3. The lowest BCUT2D eigenvalue weighted by Gasteiger charge is -2.27. The average molecular weight is 527 g/mol. The van der Waals surface area contributed by atoms with Crippen LogP contribution < -0.4 is 9.64 Å². The number of rotatable bonds is 7. The lowest BCUT2D eigenvalue weighted by molar-refractivity contribution is 0.0376. The molecule has 1 amide bonds. The number of halogens is 2. The predicted octanol–water partition coefficient (Wildman–Crippen LogP) is 4.86. The Morgan fingerprint density at radius 2 is 1.97 bits per heavy atom. The van der Waals surface area contributed by atoms with Crippen molar-refractivity contribution in [2.75, 3.05) is 51.4 Å². The number of fused-ring (bicyclic) bond motifs is 1. The molecule has 0 N–H and O–H groups in total. The third-order valence-corrected chi connectivity index (χ3v) is 6.70. The smallest absolute Gasteiger partial charge is 0.260 e. The van der Waals surface area contributed by atoms with Gasteiger partial charge in [-0.15, -0.1) is 12.4 Å². The molecule has 1 aliphatic rings. The van der Waals surface area contributed by atoms with Crippen molar-refractivity contribution in [2.24, 2.45) is 0 Å². The van der Waals surface area contributed by atoms with Crippen molar-refractivity contribution < 1.29 is 14.3 Å². The maximum atomic E-state index is 13.4. The van der Waals surface area contributed by atoms with Gasteiger partial charge in [0, 0.05) is 42.3 Å². The van der Waals surface area contributed by atoms with Gasteiger partial charge in [-0.25, -0.2) is 4.98 Å². The zero-order chi connectivity index (χ0) is 20.9. The molecule has 1 aromatic heterocycles. The van der Waals surface area contributed by atoms with Gasteiger partial charge >= 0.3 is 0 Å². The molecular weight excluding hydrogens is 502 g/mol. The van der Waals surface area contributed by atoms with E-state index in [1.54, 1.807) is 12.0 Å². The van der Waals surface area contributed by atoms with Gasteiger partial charge in [0.15, 0.2) is 5.13 Å². The third kappa shape index (κ3) is 5.96. The highest BCUT2D eigenvalue weighted by Gasteiger charge is 2.22. The van der Waals surface area contributed by atoms with E-state index in [2.05, 4.69) is 20.8 Å². The molecule has 0 atom stereocenters. The van der Waals surface area contributed by atoms with Crippen LogP contribution in [0.2, 0.25) is 0 Å². The molecule has 1 saturated heterocycles. The number of methoxy groups -OCH3 is 1. The number of carbonyl (C=O) groups excluding carboxylic acids is 1. The van der Waals surface area contributed by atoms with E-state index in [0.29, 0.717) is 17.2 Å². The largest absolute Gasteiger partial charge is 0.497 e. The zero-order valence-electron chi connectivity index (χ0n) is 17.3. The molecule has 31 heavy (non-hydrogen) atoms. The van der Waals surface area contributed by atoms with E-state index in [9.17, 15) is 4.79 Å². The Bertz CT molecular complexity index is 1010. The Kier molecular flexibility index (Phi) is 8.68. The van der Waals surface area contributed by atoms with Gasteiger partial charge in [-0.1, -0.05) is 27.3 Å². The quantitative estimate of drug-likeness (QED) is 0.440. The number of hydrogen-bond donors (Lipinski definition) is 0. The summed E-state index contributed by atoms with van der Waals surface area (Å²) in [6.45, 7) is 5.00. The SMILES string of the molecule is COc1ccc2sc(N(CCCN3CCOCC3)C(=O)c3ccc(Br)cc3)nc2c1.Cl. The minimum atomic E-state index is -0.0319. The van der Waals surface area contributed by atoms with Crippen LogP contribution in [0.3, 0.4) is 0 Å². The molecule has 166 valence electrons. The van der Waals surface area contributed by atoms with E-state index >= 15 is 0 Å². The Balaban J connectivity index is 0.00000272. The number of aromatic nitrogens is 1. The van der Waals surface area contributed by atoms with Gasteiger partial charge in [-0.2, -0.15) is 0 Å². The summed E-state index contributed by atoms with van der Waals surface area (Å²) in [6, 6.07) is 13.3. The minimum Gasteiger partial charge on any atom is -0.497 e. The molecule has 0 saturated carbocycles. The number of thiazole rings is 1. The fraction of sp³-hybridized carbons (Fsp3) is 0.364. The third-order valence-electron chi connectivity index (χ3n) is 5.11. The standard InChI is InChI=1S/C22H24BrN3O3S.ClH/c1-28-18-7-8-20-19(15-18)24-22(30-20)26(10-2-9-25-11-13-29-14-12-25)21(27)16-3-5-17(23)6-4-16;/h3-8,15H,2,9-14H2,1H3;1H. The molecule has 6 nitrogen and oxygen atoms in total. The van der Waals surface area contributed by atoms with Crippen LogP contribution in [-0.4, -0.2) is 62.3 Å². The first-order chi connectivity index (χ1) is 14.6. The van der Waals surface area contributed by atoms with E-state index in [-0.39, 0.29) is 18.3 Å². The molecule has 0 spiro atoms. The molecule has 1 fully saturated rings. The summed E-state index contributed by atoms with van der Waals surface area (Å²) in [5.41, 5.74) is 1.50. The van der Waals surface area contributed by atoms with Crippen LogP contribution in [0, 0.1) is 0 Å². The van der Waals surface area contributed by atoms with E-state index < -0.39 is 0 Å². The summed E-state index contributed by atoms with van der Waals surface area (Å²) in [7, 11) is 1.64. The molecular formula is C22H25BrClN3O3S. The van der Waals surface area contributed by atoms with Gasteiger partial charge in [0.25, 0.3) is 5.91 Å². The molecule has 2 heterocycles. The van der Waals surface area contributed by atoms with Gasteiger partial charge in [-0.05, 0) is 42.8 Å². The van der Waals surface area contributed by atoms with E-state index in [1.807, 2.05) is 42.5 Å². The lowest BCUT2D eigenvalue weighted by atomic mass is 10.2. The zero-order valence-corrected chi connectivity index (χ0v) is 20.5. The molecule has 0 unspecified atom stereocenters. The monoisotopic (exact) mass is 525 g/mol. The van der Waals surface area contributed by atoms with Crippen LogP contribution in [0.4, 0.5) is 5.13 Å². The summed E-state index contributed by atoms with van der Waals surface area (Å²) >= 11 is 4.97. The summed E-state index contributed by atoms with van der Waals surface area (Å²) < 4.78 is 12.7. The number of morpholine rings is 1. The first-order valence-corrected chi connectivity index (χ1v) is 11.6. The fourth-order valence-corrected chi connectivity index (χ4v) is 4.68. The highest BCUT2D eigenvalue weighted by Crippen LogP contribution is 2.32. The van der Waals surface area contributed by atoms with Crippen LogP contribution >= 0.6 is 39.7 Å². The Hall–Kier alpha value is -1.71. The first kappa shape index (κ1) is 23.9. The molecule has 2 aromatic carbocycles. The van der Waals surface area contributed by atoms with Gasteiger partial charge < -0.3 is 9.47 Å². The lowest BCUT2D eigenvalue weighted by Crippen LogP contribution is -2.39. The number of amides is 1. The highest BCUT2D eigenvalue weighted by atomic mass is 79.9. The molecule has 0 bridgehead atoms. The first-order valence-electron chi connectivity index (χ1n) is 9.96. The summed E-state index contributed by atoms with van der Waals surface area (Å²) in [6.07, 6.45) is 0.877. The topological polar surface area (TPSA) is 54.9 Å². The molecule has 0 aliphatic carbocycles. The van der Waals surface area contributed by atoms with Crippen molar-refractivity contribution in [3.05, 3.63) is 52.5 Å². The summed E-state index contributed by atoms with van der Waals surface area (Å²) in [5, 5.41) is 0.716. The van der Waals surface area contributed by atoms with Gasteiger partial charge in [-0.3, -0.25) is 14.6 Å². The van der Waals surface area contributed by atoms with Gasteiger partial charge in [0.05, 0.1) is 30.5 Å². The highest BCUT2D eigenvalue weighted by molar-refractivity contribution is 9.10. The predicted molar refractivity (Wildman–Crippen MR) is 131 cm³/mol. The average Bonchev–Trinajstić information content (AvgIpc) is 3.20. The fourth-order valence-electron chi connectivity index (χ4n) is 3.45. The van der Waals surface area contributed by atoms with Crippen LogP contribution in [0.5, 0.6) is 5.75 Å². The Morgan fingerprint density at radius 3 is 2.68 bits per heavy atom. The normalized spacial score (nSPS) is 14.3. The van der Waals surface area contributed by atoms with Gasteiger partial charge in [0.1, 0.15) is 5.75 Å². The number of nitrogens with zero attached hydrogens (tertiary/aromatic N) is 3. The van der Waals surface area contributed by atoms with Gasteiger partial charge in [0.2, 0.25) is 0 Å². The maximum Gasteiger partial charge on any atom is 0.260 e. The maximum absolute atomic E-state index is 13.4.